The van der Waals surface area contributed by atoms with Crippen molar-refractivity contribution in [2.45, 2.75) is 45.4 Å². The fourth-order valence-corrected chi connectivity index (χ4v) is 3.39. The first-order valence-corrected chi connectivity index (χ1v) is 8.19. The van der Waals surface area contributed by atoms with Crippen molar-refractivity contribution >= 4 is 17.5 Å². The lowest BCUT2D eigenvalue weighted by atomic mass is 9.90. The van der Waals surface area contributed by atoms with Gasteiger partial charge in [0, 0.05) is 5.56 Å². The molecular weight excluding hydrogens is 240 g/mol. The van der Waals surface area contributed by atoms with E-state index in [0.717, 1.165) is 17.7 Å². The maximum atomic E-state index is 12.1. The lowest BCUT2D eigenvalue weighted by Crippen LogP contribution is -2.08. The van der Waals surface area contributed by atoms with Crippen molar-refractivity contribution in [3.05, 3.63) is 34.9 Å². The van der Waals surface area contributed by atoms with Crippen LogP contribution in [0.2, 0.25) is 0 Å². The average Bonchev–Trinajstić information content (AvgIpc) is 2.43. The Morgan fingerprint density at radius 2 is 2.00 bits per heavy atom. The summed E-state index contributed by atoms with van der Waals surface area (Å²) >= 11 is 1.77. The number of aryl methyl sites for hydroxylation is 2. The normalized spacial score (nSPS) is 14.3. The fraction of sp³-hybridized carbons (Fsp3) is 0.562. The second-order valence-electron chi connectivity index (χ2n) is 5.02. The van der Waals surface area contributed by atoms with Crippen LogP contribution in [0.5, 0.6) is 0 Å². The molecule has 0 heterocycles. The van der Waals surface area contributed by atoms with Gasteiger partial charge in [-0.25, -0.2) is 0 Å². The first-order chi connectivity index (χ1) is 8.81. The molecule has 2 heteroatoms. The molecule has 0 bridgehead atoms. The second-order valence-corrected chi connectivity index (χ2v) is 6.13. The number of hydrogen-bond donors (Lipinski definition) is 0. The molecule has 1 aliphatic rings. The van der Waals surface area contributed by atoms with Crippen LogP contribution in [0.15, 0.2) is 18.2 Å². The molecule has 0 radical (unpaired) electrons. The number of thioether (sulfide) groups is 1. The number of carbonyl (C=O) groups is 1. The van der Waals surface area contributed by atoms with Gasteiger partial charge in [-0.3, -0.25) is 4.79 Å². The van der Waals surface area contributed by atoms with Crippen LogP contribution in [0.3, 0.4) is 0 Å². The molecule has 0 amide bonds. The maximum absolute atomic E-state index is 12.1. The van der Waals surface area contributed by atoms with E-state index in [1.54, 1.807) is 11.8 Å². The lowest BCUT2D eigenvalue weighted by Gasteiger charge is -2.16. The minimum Gasteiger partial charge on any atom is -0.293 e. The Balaban J connectivity index is 1.94. The van der Waals surface area contributed by atoms with E-state index in [1.165, 1.54) is 43.2 Å². The minimum atomic E-state index is 0.296. The predicted octanol–water partition coefficient (Wildman–Crippen LogP) is 4.28. The Kier molecular flexibility index (Phi) is 5.30. The van der Waals surface area contributed by atoms with Crippen LogP contribution < -0.4 is 0 Å². The highest BCUT2D eigenvalue weighted by molar-refractivity contribution is 7.99. The van der Waals surface area contributed by atoms with Gasteiger partial charge in [-0.05, 0) is 55.1 Å². The van der Waals surface area contributed by atoms with E-state index in [2.05, 4.69) is 19.1 Å². The summed E-state index contributed by atoms with van der Waals surface area (Å²) in [6.07, 6.45) is 7.33. The quantitative estimate of drug-likeness (QED) is 0.562. The van der Waals surface area contributed by atoms with Gasteiger partial charge in [0.05, 0.1) is 5.75 Å². The van der Waals surface area contributed by atoms with Gasteiger partial charge in [-0.15, -0.1) is 0 Å². The molecule has 0 aliphatic heterocycles. The molecule has 1 aromatic carbocycles. The van der Waals surface area contributed by atoms with Crippen molar-refractivity contribution in [1.29, 1.82) is 0 Å². The highest BCUT2D eigenvalue weighted by Crippen LogP contribution is 2.23. The largest absolute Gasteiger partial charge is 0.293 e. The highest BCUT2D eigenvalue weighted by Gasteiger charge is 2.12. The van der Waals surface area contributed by atoms with Gasteiger partial charge in [0.2, 0.25) is 0 Å². The Bertz CT molecular complexity index is 412. The molecule has 98 valence electrons. The van der Waals surface area contributed by atoms with E-state index in [4.69, 9.17) is 0 Å². The maximum Gasteiger partial charge on any atom is 0.172 e. The molecule has 1 aliphatic carbocycles. The zero-order valence-electron chi connectivity index (χ0n) is 11.2. The minimum absolute atomic E-state index is 0.296. The average molecular weight is 262 g/mol. The predicted molar refractivity (Wildman–Crippen MR) is 79.6 cm³/mol. The molecule has 1 nitrogen and oxygen atoms in total. The SMILES string of the molecule is CCCCSCC(=O)c1ccc2c(c1)CCCC2. The van der Waals surface area contributed by atoms with Crippen LogP contribution in [-0.4, -0.2) is 17.3 Å². The third-order valence-corrected chi connectivity index (χ3v) is 4.59. The molecule has 0 fully saturated rings. The fourth-order valence-electron chi connectivity index (χ4n) is 2.40. The van der Waals surface area contributed by atoms with Crippen molar-refractivity contribution in [2.24, 2.45) is 0 Å². The van der Waals surface area contributed by atoms with Crippen molar-refractivity contribution in [3.8, 4) is 0 Å². The number of ketones is 1. The Labute approximate surface area is 114 Å². The van der Waals surface area contributed by atoms with Crippen molar-refractivity contribution in [3.63, 3.8) is 0 Å². The van der Waals surface area contributed by atoms with Crippen molar-refractivity contribution in [2.75, 3.05) is 11.5 Å². The first-order valence-electron chi connectivity index (χ1n) is 7.04. The summed E-state index contributed by atoms with van der Waals surface area (Å²) in [6, 6.07) is 6.32. The van der Waals surface area contributed by atoms with Crippen LogP contribution in [0.1, 0.15) is 54.1 Å². The van der Waals surface area contributed by atoms with E-state index in [1.807, 2.05) is 6.07 Å². The van der Waals surface area contributed by atoms with Gasteiger partial charge in [0.25, 0.3) is 0 Å². The summed E-state index contributed by atoms with van der Waals surface area (Å²) in [5.41, 5.74) is 3.78. The smallest absolute Gasteiger partial charge is 0.172 e. The molecule has 0 unspecified atom stereocenters. The van der Waals surface area contributed by atoms with Gasteiger partial charge in [0.1, 0.15) is 0 Å². The molecule has 0 aromatic heterocycles. The summed E-state index contributed by atoms with van der Waals surface area (Å²) in [5, 5.41) is 0. The monoisotopic (exact) mass is 262 g/mol. The number of fused-ring (bicyclic) bond motifs is 1. The van der Waals surface area contributed by atoms with Crippen molar-refractivity contribution < 1.29 is 4.79 Å². The molecule has 0 atom stereocenters. The molecule has 0 saturated heterocycles. The number of Topliss-reactive ketones (excluding diaryl/α,β-unsaturated/α-hetero) is 1. The van der Waals surface area contributed by atoms with Crippen LogP contribution in [-0.2, 0) is 12.8 Å². The van der Waals surface area contributed by atoms with Gasteiger partial charge >= 0.3 is 0 Å². The van der Waals surface area contributed by atoms with E-state index >= 15 is 0 Å². The van der Waals surface area contributed by atoms with E-state index < -0.39 is 0 Å². The van der Waals surface area contributed by atoms with Crippen LogP contribution in [0.25, 0.3) is 0 Å². The number of unbranched alkanes of at least 4 members (excludes halogenated alkanes) is 1. The van der Waals surface area contributed by atoms with Gasteiger partial charge in [0.15, 0.2) is 5.78 Å². The number of hydrogen-bond acceptors (Lipinski definition) is 2. The summed E-state index contributed by atoms with van der Waals surface area (Å²) in [7, 11) is 0. The van der Waals surface area contributed by atoms with Gasteiger partial charge in [-0.1, -0.05) is 25.5 Å². The van der Waals surface area contributed by atoms with Crippen LogP contribution in [0.4, 0.5) is 0 Å². The summed E-state index contributed by atoms with van der Waals surface area (Å²) < 4.78 is 0. The molecule has 18 heavy (non-hydrogen) atoms. The van der Waals surface area contributed by atoms with Crippen LogP contribution >= 0.6 is 11.8 Å². The summed E-state index contributed by atoms with van der Waals surface area (Å²) in [6.45, 7) is 2.19. The van der Waals surface area contributed by atoms with E-state index in [-0.39, 0.29) is 0 Å². The van der Waals surface area contributed by atoms with Crippen molar-refractivity contribution in [1.82, 2.24) is 0 Å². The Hall–Kier alpha value is -0.760. The Morgan fingerprint density at radius 1 is 1.22 bits per heavy atom. The summed E-state index contributed by atoms with van der Waals surface area (Å²) in [4.78, 5) is 12.1. The molecule has 0 spiro atoms. The molecule has 0 N–H and O–H groups in total. The zero-order valence-corrected chi connectivity index (χ0v) is 12.0. The topological polar surface area (TPSA) is 17.1 Å². The number of carbonyl (C=O) groups excluding carboxylic acids is 1. The van der Waals surface area contributed by atoms with Gasteiger partial charge in [-0.2, -0.15) is 11.8 Å². The number of benzene rings is 1. The zero-order chi connectivity index (χ0) is 12.8. The third-order valence-electron chi connectivity index (χ3n) is 3.55. The highest BCUT2D eigenvalue weighted by atomic mass is 32.2. The molecule has 1 aromatic rings. The summed E-state index contributed by atoms with van der Waals surface area (Å²) in [5.74, 6) is 2.04. The van der Waals surface area contributed by atoms with Crippen LogP contribution in [0, 0.1) is 0 Å². The Morgan fingerprint density at radius 3 is 2.78 bits per heavy atom. The molecule has 2 rings (SSSR count). The first kappa shape index (κ1) is 13.7. The molecular formula is C16H22OS. The lowest BCUT2D eigenvalue weighted by molar-refractivity contribution is 0.102. The standard InChI is InChI=1S/C16H22OS/c1-2-3-10-18-12-16(17)15-9-8-13-6-4-5-7-14(13)11-15/h8-9,11H,2-7,10,12H2,1H3. The number of rotatable bonds is 6. The van der Waals surface area contributed by atoms with E-state index in [0.29, 0.717) is 11.5 Å². The van der Waals surface area contributed by atoms with E-state index in [9.17, 15) is 4.79 Å². The van der Waals surface area contributed by atoms with Gasteiger partial charge < -0.3 is 0 Å². The third kappa shape index (κ3) is 3.61. The molecule has 0 saturated carbocycles. The second kappa shape index (κ2) is 6.98.